The first-order valence-corrected chi connectivity index (χ1v) is 9.07. The highest BCUT2D eigenvalue weighted by Crippen LogP contribution is 2.37. The van der Waals surface area contributed by atoms with E-state index in [4.69, 9.17) is 14.7 Å². The first kappa shape index (κ1) is 16.4. The fourth-order valence-electron chi connectivity index (χ4n) is 3.42. The van der Waals surface area contributed by atoms with Crippen molar-refractivity contribution in [2.45, 2.75) is 0 Å². The fourth-order valence-corrected chi connectivity index (χ4v) is 3.42. The minimum Gasteiger partial charge on any atom is -0.481 e. The molecule has 0 bridgehead atoms. The lowest BCUT2D eigenvalue weighted by Crippen LogP contribution is -2.35. The van der Waals surface area contributed by atoms with Gasteiger partial charge < -0.3 is 9.64 Å². The largest absolute Gasteiger partial charge is 0.481 e. The van der Waals surface area contributed by atoms with E-state index in [0.29, 0.717) is 11.4 Å². The summed E-state index contributed by atoms with van der Waals surface area (Å²) in [5.41, 5.74) is 5.80. The van der Waals surface area contributed by atoms with Crippen molar-refractivity contribution >= 4 is 22.6 Å². The Labute approximate surface area is 162 Å². The van der Waals surface area contributed by atoms with Crippen molar-refractivity contribution in [3.63, 3.8) is 0 Å². The van der Waals surface area contributed by atoms with Gasteiger partial charge in [-0.15, -0.1) is 0 Å². The number of aromatic nitrogens is 2. The highest BCUT2D eigenvalue weighted by molar-refractivity contribution is 6.00. The molecule has 0 atom stereocenters. The van der Waals surface area contributed by atoms with Gasteiger partial charge in [-0.3, -0.25) is 4.79 Å². The minimum atomic E-state index is -0.0796. The molecule has 1 aliphatic rings. The van der Waals surface area contributed by atoms with Gasteiger partial charge >= 0.3 is 0 Å². The van der Waals surface area contributed by atoms with Crippen LogP contribution in [0.5, 0.6) is 5.75 Å². The van der Waals surface area contributed by atoms with E-state index < -0.39 is 0 Å². The molecule has 1 aromatic heterocycles. The average molecular weight is 367 g/mol. The molecule has 0 radical (unpaired) electrons. The molecule has 5 nitrogen and oxygen atoms in total. The number of rotatable bonds is 2. The Morgan fingerprint density at radius 3 is 1.93 bits per heavy atom. The molecular formula is C23H17N3O2. The van der Waals surface area contributed by atoms with Crippen LogP contribution in [0.25, 0.3) is 33.5 Å². The summed E-state index contributed by atoms with van der Waals surface area (Å²) >= 11 is 0. The number of hydrogen-bond donors (Lipinski definition) is 0. The van der Waals surface area contributed by atoms with Crippen LogP contribution >= 0.6 is 0 Å². The molecule has 0 unspecified atom stereocenters. The summed E-state index contributed by atoms with van der Waals surface area (Å²) in [5.74, 6) is 0.569. The standard InChI is InChI=1S/C23H17N3O2/c1-26-19-12-17-18(13-20(19)28-14-21(26)27)25-23(16-10-6-3-7-11-16)22(24-17)15-8-4-2-5-9-15/h2-13H,14H2,1H3. The number of ether oxygens (including phenoxy) is 1. The minimum absolute atomic E-state index is 0.0378. The summed E-state index contributed by atoms with van der Waals surface area (Å²) in [6.45, 7) is 0.0378. The maximum Gasteiger partial charge on any atom is 0.264 e. The molecule has 1 aliphatic heterocycles. The first-order valence-electron chi connectivity index (χ1n) is 9.07. The quantitative estimate of drug-likeness (QED) is 0.529. The molecule has 5 heteroatoms. The molecule has 0 saturated carbocycles. The Morgan fingerprint density at radius 1 is 0.821 bits per heavy atom. The number of nitrogens with zero attached hydrogens (tertiary/aromatic N) is 3. The van der Waals surface area contributed by atoms with E-state index in [-0.39, 0.29) is 12.5 Å². The summed E-state index contributed by atoms with van der Waals surface area (Å²) in [5, 5.41) is 0. The van der Waals surface area contributed by atoms with Gasteiger partial charge in [-0.05, 0) is 6.07 Å². The van der Waals surface area contributed by atoms with Gasteiger partial charge in [0, 0.05) is 24.2 Å². The van der Waals surface area contributed by atoms with Crippen molar-refractivity contribution in [1.29, 1.82) is 0 Å². The summed E-state index contributed by atoms with van der Waals surface area (Å²) < 4.78 is 5.62. The maximum atomic E-state index is 12.0. The van der Waals surface area contributed by atoms with Crippen LogP contribution in [0.4, 0.5) is 5.69 Å². The van der Waals surface area contributed by atoms with E-state index in [1.54, 1.807) is 11.9 Å². The smallest absolute Gasteiger partial charge is 0.264 e. The van der Waals surface area contributed by atoms with E-state index >= 15 is 0 Å². The Morgan fingerprint density at radius 2 is 1.36 bits per heavy atom. The highest BCUT2D eigenvalue weighted by Gasteiger charge is 2.24. The third-order valence-corrected chi connectivity index (χ3v) is 4.93. The van der Waals surface area contributed by atoms with Crippen LogP contribution < -0.4 is 9.64 Å². The lowest BCUT2D eigenvalue weighted by molar-refractivity contribution is -0.120. The molecule has 3 aromatic carbocycles. The number of hydrogen-bond acceptors (Lipinski definition) is 4. The van der Waals surface area contributed by atoms with Gasteiger partial charge in [0.1, 0.15) is 5.75 Å². The zero-order valence-corrected chi connectivity index (χ0v) is 15.3. The number of carbonyl (C=O) groups is 1. The van der Waals surface area contributed by atoms with Gasteiger partial charge in [0.15, 0.2) is 6.61 Å². The molecule has 0 spiro atoms. The van der Waals surface area contributed by atoms with Crippen LogP contribution in [0.3, 0.4) is 0 Å². The summed E-state index contributed by atoms with van der Waals surface area (Å²) in [6, 6.07) is 23.8. The van der Waals surface area contributed by atoms with Crippen molar-refractivity contribution in [2.75, 3.05) is 18.6 Å². The van der Waals surface area contributed by atoms with Crippen LogP contribution in [-0.4, -0.2) is 29.5 Å². The van der Waals surface area contributed by atoms with Gasteiger partial charge in [0.25, 0.3) is 5.91 Å². The second kappa shape index (κ2) is 6.46. The SMILES string of the molecule is CN1C(=O)COc2cc3nc(-c4ccccc4)c(-c4ccccc4)nc3cc21. The third-order valence-electron chi connectivity index (χ3n) is 4.93. The average Bonchev–Trinajstić information content (AvgIpc) is 2.76. The molecule has 1 amide bonds. The molecule has 0 N–H and O–H groups in total. The third kappa shape index (κ3) is 2.68. The van der Waals surface area contributed by atoms with Crippen molar-refractivity contribution in [2.24, 2.45) is 0 Å². The molecular weight excluding hydrogens is 350 g/mol. The van der Waals surface area contributed by atoms with Crippen molar-refractivity contribution in [1.82, 2.24) is 9.97 Å². The second-order valence-corrected chi connectivity index (χ2v) is 6.70. The van der Waals surface area contributed by atoms with Crippen LogP contribution in [0, 0.1) is 0 Å². The zero-order chi connectivity index (χ0) is 19.1. The molecule has 4 aromatic rings. The maximum absolute atomic E-state index is 12.0. The van der Waals surface area contributed by atoms with Crippen LogP contribution in [0.15, 0.2) is 72.8 Å². The van der Waals surface area contributed by atoms with E-state index in [1.807, 2.05) is 72.8 Å². The van der Waals surface area contributed by atoms with Crippen molar-refractivity contribution in [3.8, 4) is 28.3 Å². The number of amides is 1. The number of likely N-dealkylation sites (N-methyl/N-ethyl adjacent to an activating group) is 1. The Bertz CT molecular complexity index is 1190. The second-order valence-electron chi connectivity index (χ2n) is 6.70. The normalized spacial score (nSPS) is 13.3. The molecule has 136 valence electrons. The van der Waals surface area contributed by atoms with E-state index in [0.717, 1.165) is 33.5 Å². The zero-order valence-electron chi connectivity index (χ0n) is 15.3. The summed E-state index contributed by atoms with van der Waals surface area (Å²) in [4.78, 5) is 23.5. The topological polar surface area (TPSA) is 55.3 Å². The monoisotopic (exact) mass is 367 g/mol. The van der Waals surface area contributed by atoms with Gasteiger partial charge in [-0.1, -0.05) is 60.7 Å². The van der Waals surface area contributed by atoms with Crippen LogP contribution in [-0.2, 0) is 4.79 Å². The van der Waals surface area contributed by atoms with E-state index in [2.05, 4.69) is 0 Å². The van der Waals surface area contributed by atoms with Crippen molar-refractivity contribution in [3.05, 3.63) is 72.8 Å². The lowest BCUT2D eigenvalue weighted by Gasteiger charge is -2.26. The number of carbonyl (C=O) groups excluding carboxylic acids is 1. The first-order chi connectivity index (χ1) is 13.7. The Kier molecular flexibility index (Phi) is 3.79. The van der Waals surface area contributed by atoms with E-state index in [1.165, 1.54) is 0 Å². The number of anilines is 1. The highest BCUT2D eigenvalue weighted by atomic mass is 16.5. The molecule has 28 heavy (non-hydrogen) atoms. The molecule has 0 saturated heterocycles. The van der Waals surface area contributed by atoms with Gasteiger partial charge in [-0.2, -0.15) is 0 Å². The van der Waals surface area contributed by atoms with Gasteiger partial charge in [0.05, 0.1) is 28.1 Å². The molecule has 0 fully saturated rings. The summed E-state index contributed by atoms with van der Waals surface area (Å²) in [6.07, 6.45) is 0. The number of fused-ring (bicyclic) bond motifs is 2. The van der Waals surface area contributed by atoms with Gasteiger partial charge in [0.2, 0.25) is 0 Å². The van der Waals surface area contributed by atoms with Crippen LogP contribution in [0.2, 0.25) is 0 Å². The van der Waals surface area contributed by atoms with Crippen molar-refractivity contribution < 1.29 is 9.53 Å². The molecule has 0 aliphatic carbocycles. The lowest BCUT2D eigenvalue weighted by atomic mass is 10.0. The van der Waals surface area contributed by atoms with Gasteiger partial charge in [-0.25, -0.2) is 9.97 Å². The molecule has 5 rings (SSSR count). The fraction of sp³-hybridized carbons (Fsp3) is 0.0870. The molecule has 2 heterocycles. The number of benzene rings is 3. The predicted molar refractivity (Wildman–Crippen MR) is 109 cm³/mol. The predicted octanol–water partition coefficient (Wildman–Crippen LogP) is 4.32. The Hall–Kier alpha value is -3.73. The Balaban J connectivity index is 1.79. The summed E-state index contributed by atoms with van der Waals surface area (Å²) in [7, 11) is 1.75. The van der Waals surface area contributed by atoms with Crippen LogP contribution in [0.1, 0.15) is 0 Å². The van der Waals surface area contributed by atoms with E-state index in [9.17, 15) is 4.79 Å².